The van der Waals surface area contributed by atoms with Crippen LogP contribution in [0.15, 0.2) is 0 Å². The Morgan fingerprint density at radius 1 is 1.64 bits per heavy atom. The van der Waals surface area contributed by atoms with Crippen molar-refractivity contribution in [1.82, 2.24) is 0 Å². The van der Waals surface area contributed by atoms with E-state index in [1.165, 1.54) is 0 Å². The highest BCUT2D eigenvalue weighted by Gasteiger charge is 2.31. The molecule has 0 aliphatic carbocycles. The van der Waals surface area contributed by atoms with Gasteiger partial charge >= 0.3 is 5.97 Å². The number of esters is 1. The molecule has 0 heterocycles. The van der Waals surface area contributed by atoms with E-state index >= 15 is 0 Å². The van der Waals surface area contributed by atoms with E-state index in [-0.39, 0.29) is 5.97 Å². The minimum atomic E-state index is -0.553. The predicted octanol–water partition coefficient (Wildman–Crippen LogP) is 1.39. The summed E-state index contributed by atoms with van der Waals surface area (Å²) in [7, 11) is 1.57. The fraction of sp³-hybridized carbons (Fsp3) is 0.857. The molecule has 3 nitrogen and oxygen atoms in total. The first kappa shape index (κ1) is 11.2. The van der Waals surface area contributed by atoms with Crippen LogP contribution >= 0.6 is 22.6 Å². The maximum absolute atomic E-state index is 11.1. The van der Waals surface area contributed by atoms with Crippen molar-refractivity contribution in [3.8, 4) is 0 Å². The highest BCUT2D eigenvalue weighted by Crippen LogP contribution is 2.19. The molecule has 11 heavy (non-hydrogen) atoms. The van der Waals surface area contributed by atoms with Gasteiger partial charge < -0.3 is 9.47 Å². The van der Waals surface area contributed by atoms with Crippen molar-refractivity contribution in [2.45, 2.75) is 17.3 Å². The molecule has 0 aromatic carbocycles. The zero-order chi connectivity index (χ0) is 8.91. The minimum absolute atomic E-state index is 0.220. The molecule has 0 fully saturated rings. The molecule has 0 aromatic rings. The van der Waals surface area contributed by atoms with Gasteiger partial charge in [0.15, 0.2) is 0 Å². The summed E-state index contributed by atoms with van der Waals surface area (Å²) in [5.41, 5.74) is 0. The minimum Gasteiger partial charge on any atom is -0.465 e. The van der Waals surface area contributed by atoms with Crippen LogP contribution in [0.1, 0.15) is 13.8 Å². The Balaban J connectivity index is 3.94. The highest BCUT2D eigenvalue weighted by molar-refractivity contribution is 14.1. The molecule has 1 unspecified atom stereocenters. The third-order valence-corrected chi connectivity index (χ3v) is 1.87. The van der Waals surface area contributed by atoms with Crippen LogP contribution in [0.5, 0.6) is 0 Å². The van der Waals surface area contributed by atoms with Crippen molar-refractivity contribution in [3.05, 3.63) is 0 Å². The van der Waals surface area contributed by atoms with Crippen molar-refractivity contribution >= 4 is 28.6 Å². The Hall–Kier alpha value is 0.160. The molecule has 0 saturated heterocycles. The van der Waals surface area contributed by atoms with Gasteiger partial charge in [-0.15, -0.1) is 0 Å². The normalized spacial score (nSPS) is 15.6. The second kappa shape index (κ2) is 4.92. The van der Waals surface area contributed by atoms with Gasteiger partial charge in [-0.1, -0.05) is 22.6 Å². The first-order valence-corrected chi connectivity index (χ1v) is 4.47. The van der Waals surface area contributed by atoms with E-state index in [0.29, 0.717) is 13.2 Å². The largest absolute Gasteiger partial charge is 0.465 e. The number of alkyl halides is 1. The second-order valence-corrected chi connectivity index (χ2v) is 4.73. The van der Waals surface area contributed by atoms with Crippen LogP contribution < -0.4 is 0 Å². The Labute approximate surface area is 80.6 Å². The summed E-state index contributed by atoms with van der Waals surface area (Å²) in [4.78, 5) is 11.1. The van der Waals surface area contributed by atoms with E-state index in [2.05, 4.69) is 0 Å². The summed E-state index contributed by atoms with van der Waals surface area (Å²) in [6.45, 7) is 4.38. The topological polar surface area (TPSA) is 35.5 Å². The van der Waals surface area contributed by atoms with Crippen LogP contribution in [0.4, 0.5) is 0 Å². The van der Waals surface area contributed by atoms with Crippen LogP contribution in [-0.4, -0.2) is 29.7 Å². The van der Waals surface area contributed by atoms with Gasteiger partial charge in [0, 0.05) is 7.11 Å². The Bertz CT molecular complexity index is 134. The van der Waals surface area contributed by atoms with Crippen LogP contribution in [0, 0.1) is 0 Å². The number of halogens is 1. The van der Waals surface area contributed by atoms with Crippen molar-refractivity contribution in [3.63, 3.8) is 0 Å². The monoisotopic (exact) mass is 272 g/mol. The molecule has 1 atom stereocenters. The molecule has 0 saturated carbocycles. The van der Waals surface area contributed by atoms with Gasteiger partial charge in [-0.2, -0.15) is 0 Å². The number of ether oxygens (including phenoxy) is 2. The number of carbonyl (C=O) groups excluding carboxylic acids is 1. The SMILES string of the molecule is CCOC(=O)C(C)(I)COC. The van der Waals surface area contributed by atoms with E-state index in [1.807, 2.05) is 22.6 Å². The maximum Gasteiger partial charge on any atom is 0.324 e. The van der Waals surface area contributed by atoms with Gasteiger partial charge in [0.2, 0.25) is 0 Å². The molecule has 0 bridgehead atoms. The summed E-state index contributed by atoms with van der Waals surface area (Å²) >= 11 is 2.03. The first-order chi connectivity index (χ1) is 5.04. The lowest BCUT2D eigenvalue weighted by atomic mass is 10.2. The third kappa shape index (κ3) is 3.91. The van der Waals surface area contributed by atoms with Gasteiger partial charge in [0.05, 0.1) is 13.2 Å². The predicted molar refractivity (Wildman–Crippen MR) is 50.9 cm³/mol. The van der Waals surface area contributed by atoms with Gasteiger partial charge in [0.25, 0.3) is 0 Å². The molecule has 0 rings (SSSR count). The van der Waals surface area contributed by atoms with E-state index in [1.54, 1.807) is 21.0 Å². The van der Waals surface area contributed by atoms with Crippen LogP contribution in [0.25, 0.3) is 0 Å². The molecule has 0 spiro atoms. The van der Waals surface area contributed by atoms with Crippen LogP contribution in [0.2, 0.25) is 0 Å². The van der Waals surface area contributed by atoms with Crippen molar-refractivity contribution in [2.75, 3.05) is 20.3 Å². The van der Waals surface area contributed by atoms with E-state index in [9.17, 15) is 4.79 Å². The van der Waals surface area contributed by atoms with Crippen molar-refractivity contribution < 1.29 is 14.3 Å². The van der Waals surface area contributed by atoms with Gasteiger partial charge in [-0.25, -0.2) is 0 Å². The smallest absolute Gasteiger partial charge is 0.324 e. The number of hydrogen-bond acceptors (Lipinski definition) is 3. The molecule has 0 radical (unpaired) electrons. The molecule has 0 aromatic heterocycles. The quantitative estimate of drug-likeness (QED) is 0.441. The summed E-state index contributed by atoms with van der Waals surface area (Å²) in [5.74, 6) is -0.220. The summed E-state index contributed by atoms with van der Waals surface area (Å²) < 4.78 is 9.15. The van der Waals surface area contributed by atoms with Crippen LogP contribution in [-0.2, 0) is 14.3 Å². The average Bonchev–Trinajstić information content (AvgIpc) is 1.88. The van der Waals surface area contributed by atoms with E-state index in [0.717, 1.165) is 0 Å². The number of methoxy groups -OCH3 is 1. The Morgan fingerprint density at radius 2 is 2.18 bits per heavy atom. The van der Waals surface area contributed by atoms with Crippen molar-refractivity contribution in [1.29, 1.82) is 0 Å². The van der Waals surface area contributed by atoms with E-state index < -0.39 is 3.42 Å². The maximum atomic E-state index is 11.1. The standard InChI is InChI=1S/C7H13IO3/c1-4-11-6(9)7(2,8)5-10-3/h4-5H2,1-3H3. The molecular weight excluding hydrogens is 259 g/mol. The molecule has 0 aliphatic heterocycles. The lowest BCUT2D eigenvalue weighted by molar-refractivity contribution is -0.146. The lowest BCUT2D eigenvalue weighted by Crippen LogP contribution is -2.34. The highest BCUT2D eigenvalue weighted by atomic mass is 127. The zero-order valence-corrected chi connectivity index (χ0v) is 9.17. The molecule has 4 heteroatoms. The number of carbonyl (C=O) groups is 1. The molecular formula is C7H13IO3. The molecule has 66 valence electrons. The molecule has 0 amide bonds. The van der Waals surface area contributed by atoms with Crippen molar-refractivity contribution in [2.24, 2.45) is 0 Å². The lowest BCUT2D eigenvalue weighted by Gasteiger charge is -2.18. The average molecular weight is 272 g/mol. The second-order valence-electron chi connectivity index (χ2n) is 2.35. The van der Waals surface area contributed by atoms with Crippen LogP contribution in [0.3, 0.4) is 0 Å². The summed E-state index contributed by atoms with van der Waals surface area (Å²) in [6.07, 6.45) is 0. The number of hydrogen-bond donors (Lipinski definition) is 0. The number of rotatable bonds is 4. The Kier molecular flexibility index (Phi) is 4.99. The first-order valence-electron chi connectivity index (χ1n) is 3.39. The molecule has 0 aliphatic rings. The summed E-state index contributed by atoms with van der Waals surface area (Å²) in [6, 6.07) is 0. The fourth-order valence-electron chi connectivity index (χ4n) is 0.612. The Morgan fingerprint density at radius 3 is 2.55 bits per heavy atom. The fourth-order valence-corrected chi connectivity index (χ4v) is 1.08. The van der Waals surface area contributed by atoms with E-state index in [4.69, 9.17) is 9.47 Å². The summed E-state index contributed by atoms with van der Waals surface area (Å²) in [5, 5.41) is 0. The molecule has 0 N–H and O–H groups in total. The third-order valence-electron chi connectivity index (χ3n) is 1.12. The van der Waals surface area contributed by atoms with Gasteiger partial charge in [0.1, 0.15) is 3.42 Å². The zero-order valence-electron chi connectivity index (χ0n) is 7.02. The van der Waals surface area contributed by atoms with Gasteiger partial charge in [-0.3, -0.25) is 4.79 Å². The van der Waals surface area contributed by atoms with Gasteiger partial charge in [-0.05, 0) is 13.8 Å².